The molecule has 1 aliphatic rings. The molecule has 4 nitrogen and oxygen atoms in total. The second-order valence-electron chi connectivity index (χ2n) is 5.62. The summed E-state index contributed by atoms with van der Waals surface area (Å²) in [5, 5.41) is 0.674. The van der Waals surface area contributed by atoms with Crippen LogP contribution in [-0.2, 0) is 6.54 Å². The van der Waals surface area contributed by atoms with Crippen LogP contribution in [0, 0.1) is 0 Å². The number of halogens is 1. The number of likely N-dealkylation sites (tertiary alicyclic amines) is 1. The number of oxazole rings is 1. The van der Waals surface area contributed by atoms with Gasteiger partial charge >= 0.3 is 0 Å². The highest BCUT2D eigenvalue weighted by molar-refractivity contribution is 6.32. The lowest BCUT2D eigenvalue weighted by atomic mass is 9.96. The van der Waals surface area contributed by atoms with Crippen LogP contribution in [0.3, 0.4) is 0 Å². The third-order valence-corrected chi connectivity index (χ3v) is 4.40. The van der Waals surface area contributed by atoms with Gasteiger partial charge < -0.3 is 9.15 Å². The van der Waals surface area contributed by atoms with Crippen molar-refractivity contribution in [2.24, 2.45) is 0 Å². The highest BCUT2D eigenvalue weighted by atomic mass is 35.5. The van der Waals surface area contributed by atoms with E-state index in [0.29, 0.717) is 17.5 Å². The van der Waals surface area contributed by atoms with Crippen LogP contribution in [0.25, 0.3) is 0 Å². The van der Waals surface area contributed by atoms with Crippen LogP contribution in [0.2, 0.25) is 5.02 Å². The summed E-state index contributed by atoms with van der Waals surface area (Å²) in [6, 6.07) is 6.04. The van der Waals surface area contributed by atoms with Gasteiger partial charge in [0, 0.05) is 12.5 Å². The van der Waals surface area contributed by atoms with Crippen LogP contribution in [0.15, 0.2) is 35.1 Å². The Morgan fingerprint density at radius 1 is 1.36 bits per heavy atom. The summed E-state index contributed by atoms with van der Waals surface area (Å²) in [5.41, 5.74) is 1.24. The van der Waals surface area contributed by atoms with E-state index < -0.39 is 0 Å². The van der Waals surface area contributed by atoms with E-state index in [1.54, 1.807) is 12.5 Å². The second-order valence-corrected chi connectivity index (χ2v) is 6.03. The van der Waals surface area contributed by atoms with Crippen molar-refractivity contribution in [2.75, 3.05) is 19.7 Å². The highest BCUT2D eigenvalue weighted by Crippen LogP contribution is 2.29. The maximum Gasteiger partial charge on any atom is 0.197 e. The van der Waals surface area contributed by atoms with Crippen molar-refractivity contribution in [1.82, 2.24) is 9.88 Å². The monoisotopic (exact) mass is 320 g/mol. The highest BCUT2D eigenvalue weighted by Gasteiger charge is 2.23. The molecule has 1 fully saturated rings. The Morgan fingerprint density at radius 2 is 2.18 bits per heavy atom. The summed E-state index contributed by atoms with van der Waals surface area (Å²) in [6.45, 7) is 5.63. The molecule has 0 saturated carbocycles. The zero-order valence-corrected chi connectivity index (χ0v) is 13.6. The van der Waals surface area contributed by atoms with Gasteiger partial charge in [0.2, 0.25) is 0 Å². The molecular weight excluding hydrogens is 300 g/mol. The average molecular weight is 321 g/mol. The predicted molar refractivity (Wildman–Crippen MR) is 86.4 cm³/mol. The SMILES string of the molecule is CCOc1cc(CN2CCC(c3ncco3)CC2)ccc1Cl. The molecule has 0 N–H and O–H groups in total. The van der Waals surface area contributed by atoms with Crippen LogP contribution < -0.4 is 4.74 Å². The van der Waals surface area contributed by atoms with Crippen molar-refractivity contribution < 1.29 is 9.15 Å². The second kappa shape index (κ2) is 7.16. The largest absolute Gasteiger partial charge is 0.492 e. The van der Waals surface area contributed by atoms with E-state index in [1.165, 1.54) is 5.56 Å². The number of nitrogens with zero attached hydrogens (tertiary/aromatic N) is 2. The van der Waals surface area contributed by atoms with E-state index >= 15 is 0 Å². The smallest absolute Gasteiger partial charge is 0.197 e. The molecule has 1 aromatic heterocycles. The predicted octanol–water partition coefficient (Wildman–Crippen LogP) is 4.11. The van der Waals surface area contributed by atoms with Gasteiger partial charge in [-0.05, 0) is 50.6 Å². The van der Waals surface area contributed by atoms with Crippen LogP contribution >= 0.6 is 11.6 Å². The maximum absolute atomic E-state index is 6.14. The van der Waals surface area contributed by atoms with Crippen molar-refractivity contribution in [1.29, 1.82) is 0 Å². The van der Waals surface area contributed by atoms with Crippen LogP contribution in [0.1, 0.15) is 37.1 Å². The van der Waals surface area contributed by atoms with Crippen molar-refractivity contribution in [2.45, 2.75) is 32.2 Å². The van der Waals surface area contributed by atoms with Gasteiger partial charge in [0.05, 0.1) is 17.8 Å². The van der Waals surface area contributed by atoms with E-state index in [1.807, 2.05) is 19.1 Å². The van der Waals surface area contributed by atoms with Crippen LogP contribution in [0.4, 0.5) is 0 Å². The molecule has 0 aliphatic carbocycles. The normalized spacial score (nSPS) is 16.8. The molecule has 3 rings (SSSR count). The van der Waals surface area contributed by atoms with Gasteiger partial charge in [-0.15, -0.1) is 0 Å². The maximum atomic E-state index is 6.14. The van der Waals surface area contributed by atoms with Crippen LogP contribution in [0.5, 0.6) is 5.75 Å². The number of rotatable bonds is 5. The van der Waals surface area contributed by atoms with Gasteiger partial charge in [-0.3, -0.25) is 4.90 Å². The molecule has 0 bridgehead atoms. The zero-order valence-electron chi connectivity index (χ0n) is 12.8. The summed E-state index contributed by atoms with van der Waals surface area (Å²) < 4.78 is 11.0. The van der Waals surface area contributed by atoms with E-state index in [0.717, 1.165) is 44.1 Å². The third-order valence-electron chi connectivity index (χ3n) is 4.09. The molecule has 1 aliphatic heterocycles. The molecule has 118 valence electrons. The molecule has 1 aromatic carbocycles. The molecule has 0 atom stereocenters. The molecule has 5 heteroatoms. The van der Waals surface area contributed by atoms with E-state index in [2.05, 4.69) is 16.0 Å². The molecule has 0 radical (unpaired) electrons. The van der Waals surface area contributed by atoms with Gasteiger partial charge in [-0.1, -0.05) is 17.7 Å². The Bertz CT molecular complexity index is 593. The van der Waals surface area contributed by atoms with Crippen LogP contribution in [-0.4, -0.2) is 29.6 Å². The fourth-order valence-electron chi connectivity index (χ4n) is 2.94. The Morgan fingerprint density at radius 3 is 2.86 bits per heavy atom. The van der Waals surface area contributed by atoms with Gasteiger partial charge in [-0.2, -0.15) is 0 Å². The number of ether oxygens (including phenoxy) is 1. The summed E-state index contributed by atoms with van der Waals surface area (Å²) >= 11 is 6.14. The summed E-state index contributed by atoms with van der Waals surface area (Å²) in [7, 11) is 0. The van der Waals surface area contributed by atoms with E-state index in [-0.39, 0.29) is 0 Å². The Kier molecular flexibility index (Phi) is 5.01. The first kappa shape index (κ1) is 15.4. The first-order chi connectivity index (χ1) is 10.8. The molecule has 0 unspecified atom stereocenters. The first-order valence-electron chi connectivity index (χ1n) is 7.79. The number of benzene rings is 1. The lowest BCUT2D eigenvalue weighted by Gasteiger charge is -2.30. The Balaban J connectivity index is 1.57. The Labute approximate surface area is 136 Å². The van der Waals surface area contributed by atoms with E-state index in [4.69, 9.17) is 20.8 Å². The quantitative estimate of drug-likeness (QED) is 0.831. The standard InChI is InChI=1S/C17H21ClN2O2/c1-2-21-16-11-13(3-4-15(16)18)12-20-8-5-14(6-9-20)17-19-7-10-22-17/h3-4,7,10-11,14H,2,5-6,8-9,12H2,1H3. The number of aromatic nitrogens is 1. The molecule has 0 spiro atoms. The minimum atomic E-state index is 0.454. The van der Waals surface area contributed by atoms with Gasteiger partial charge in [-0.25, -0.2) is 4.98 Å². The molecule has 1 saturated heterocycles. The number of hydrogen-bond donors (Lipinski definition) is 0. The zero-order chi connectivity index (χ0) is 15.4. The lowest BCUT2D eigenvalue weighted by molar-refractivity contribution is 0.192. The fraction of sp³-hybridized carbons (Fsp3) is 0.471. The Hall–Kier alpha value is -1.52. The minimum Gasteiger partial charge on any atom is -0.492 e. The van der Waals surface area contributed by atoms with Crippen molar-refractivity contribution in [3.63, 3.8) is 0 Å². The number of piperidine rings is 1. The summed E-state index contributed by atoms with van der Waals surface area (Å²) in [4.78, 5) is 6.73. The number of hydrogen-bond acceptors (Lipinski definition) is 4. The van der Waals surface area contributed by atoms with Crippen molar-refractivity contribution in [3.05, 3.63) is 47.1 Å². The van der Waals surface area contributed by atoms with E-state index in [9.17, 15) is 0 Å². The van der Waals surface area contributed by atoms with Crippen molar-refractivity contribution >= 4 is 11.6 Å². The van der Waals surface area contributed by atoms with Crippen molar-refractivity contribution in [3.8, 4) is 5.75 Å². The molecule has 2 heterocycles. The fourth-order valence-corrected chi connectivity index (χ4v) is 3.12. The molecular formula is C17H21ClN2O2. The summed E-state index contributed by atoms with van der Waals surface area (Å²) in [6.07, 6.45) is 5.56. The minimum absolute atomic E-state index is 0.454. The van der Waals surface area contributed by atoms with Gasteiger partial charge in [0.1, 0.15) is 12.0 Å². The first-order valence-corrected chi connectivity index (χ1v) is 8.17. The molecule has 22 heavy (non-hydrogen) atoms. The molecule has 2 aromatic rings. The van der Waals surface area contributed by atoms with Gasteiger partial charge in [0.25, 0.3) is 0 Å². The average Bonchev–Trinajstić information content (AvgIpc) is 3.06. The third kappa shape index (κ3) is 3.62. The molecule has 0 amide bonds. The topological polar surface area (TPSA) is 38.5 Å². The van der Waals surface area contributed by atoms with Gasteiger partial charge in [0.15, 0.2) is 5.89 Å². The summed E-state index contributed by atoms with van der Waals surface area (Å²) in [5.74, 6) is 2.11. The lowest BCUT2D eigenvalue weighted by Crippen LogP contribution is -2.32.